The number of hydrogen-bond donors (Lipinski definition) is 0. The first kappa shape index (κ1) is 20.0. The first-order chi connectivity index (χ1) is 12.6. The van der Waals surface area contributed by atoms with Crippen molar-refractivity contribution in [3.05, 3.63) is 71.3 Å². The zero-order valence-electron chi connectivity index (χ0n) is 14.8. The van der Waals surface area contributed by atoms with Gasteiger partial charge in [-0.1, -0.05) is 24.3 Å². The van der Waals surface area contributed by atoms with E-state index >= 15 is 0 Å². The van der Waals surface area contributed by atoms with Crippen molar-refractivity contribution in [1.29, 1.82) is 0 Å². The highest BCUT2D eigenvalue weighted by Crippen LogP contribution is 2.35. The van der Waals surface area contributed by atoms with E-state index in [-0.39, 0.29) is 28.9 Å². The van der Waals surface area contributed by atoms with Gasteiger partial charge in [0, 0.05) is 6.54 Å². The molecule has 27 heavy (non-hydrogen) atoms. The molecule has 0 N–H and O–H groups in total. The number of hydrogen-bond acceptors (Lipinski definition) is 3. The largest absolute Gasteiger partial charge is 0.452 e. The maximum atomic E-state index is 13.7. The number of halogens is 3. The molecule has 2 aromatic carbocycles. The number of esters is 1. The Morgan fingerprint density at radius 1 is 1.00 bits per heavy atom. The van der Waals surface area contributed by atoms with Crippen LogP contribution < -0.4 is 0 Å². The van der Waals surface area contributed by atoms with E-state index in [0.29, 0.717) is 23.6 Å². The van der Waals surface area contributed by atoms with Gasteiger partial charge in [0.15, 0.2) is 6.10 Å². The third-order valence-electron chi connectivity index (χ3n) is 5.50. The quantitative estimate of drug-likeness (QED) is 0.658. The normalized spacial score (nSPS) is 23.7. The maximum Gasteiger partial charge on any atom is 0.311 e. The van der Waals surface area contributed by atoms with Crippen LogP contribution in [0.5, 0.6) is 0 Å². The van der Waals surface area contributed by atoms with Gasteiger partial charge >= 0.3 is 5.97 Å². The number of benzene rings is 2. The molecule has 3 heterocycles. The lowest BCUT2D eigenvalue weighted by Gasteiger charge is -2.43. The summed E-state index contributed by atoms with van der Waals surface area (Å²) >= 11 is 0. The van der Waals surface area contributed by atoms with Gasteiger partial charge in [0.25, 0.3) is 0 Å². The lowest BCUT2D eigenvalue weighted by Crippen LogP contribution is -2.50. The van der Waals surface area contributed by atoms with Crippen LogP contribution in [-0.4, -0.2) is 30.5 Å². The molecule has 3 aliphatic rings. The average Bonchev–Trinajstić information content (AvgIpc) is 2.66. The van der Waals surface area contributed by atoms with Gasteiger partial charge in [-0.05, 0) is 67.2 Å². The molecule has 3 aliphatic heterocycles. The van der Waals surface area contributed by atoms with Crippen LogP contribution in [0.1, 0.15) is 30.1 Å². The fraction of sp³-hybridized carbons (Fsp3) is 0.381. The Labute approximate surface area is 168 Å². The standard InChI is InChI=1S/C21H21F2NO2.BrH/c22-17-5-1-3-15(11-17)20(16-4-2-6-18(23)12-16)26-21(25)19-13-24-9-7-14(19)8-10-24;/h1-6,11-12,14,19-20H,7-10,13H2;1H. The summed E-state index contributed by atoms with van der Waals surface area (Å²) in [5, 5.41) is 0. The van der Waals surface area contributed by atoms with Gasteiger partial charge in [0.1, 0.15) is 11.6 Å². The number of carbonyl (C=O) groups excluding carboxylic acids is 1. The number of nitrogens with zero attached hydrogens (tertiary/aromatic N) is 1. The van der Waals surface area contributed by atoms with Crippen LogP contribution in [-0.2, 0) is 9.53 Å². The van der Waals surface area contributed by atoms with Crippen LogP contribution in [0.3, 0.4) is 0 Å². The molecule has 3 fully saturated rings. The third-order valence-corrected chi connectivity index (χ3v) is 5.50. The molecule has 0 amide bonds. The van der Waals surface area contributed by atoms with Crippen LogP contribution in [0.2, 0.25) is 0 Å². The smallest absolute Gasteiger partial charge is 0.311 e. The monoisotopic (exact) mass is 437 g/mol. The lowest BCUT2D eigenvalue weighted by atomic mass is 9.79. The van der Waals surface area contributed by atoms with Crippen molar-refractivity contribution >= 4 is 23.0 Å². The minimum atomic E-state index is -0.815. The minimum Gasteiger partial charge on any atom is -0.452 e. The molecule has 1 atom stereocenters. The van der Waals surface area contributed by atoms with Gasteiger partial charge in [-0.2, -0.15) is 0 Å². The fourth-order valence-electron chi connectivity index (χ4n) is 4.10. The Morgan fingerprint density at radius 2 is 1.56 bits per heavy atom. The van der Waals surface area contributed by atoms with Gasteiger partial charge in [-0.3, -0.25) is 4.79 Å². The fourth-order valence-corrected chi connectivity index (χ4v) is 4.10. The van der Waals surface area contributed by atoms with Crippen LogP contribution in [0.15, 0.2) is 48.5 Å². The molecule has 2 bridgehead atoms. The number of fused-ring (bicyclic) bond motifs is 3. The molecule has 0 saturated carbocycles. The average molecular weight is 438 g/mol. The van der Waals surface area contributed by atoms with Crippen molar-refractivity contribution < 1.29 is 18.3 Å². The van der Waals surface area contributed by atoms with Crippen LogP contribution in [0.25, 0.3) is 0 Å². The molecule has 0 aromatic heterocycles. The van der Waals surface area contributed by atoms with Gasteiger partial charge in [0.05, 0.1) is 5.92 Å². The van der Waals surface area contributed by atoms with E-state index in [1.54, 1.807) is 24.3 Å². The van der Waals surface area contributed by atoms with Gasteiger partial charge in [0.2, 0.25) is 0 Å². The van der Waals surface area contributed by atoms with E-state index < -0.39 is 17.7 Å². The minimum absolute atomic E-state index is 0. The summed E-state index contributed by atoms with van der Waals surface area (Å²) < 4.78 is 33.3. The van der Waals surface area contributed by atoms with Crippen molar-refractivity contribution in [2.75, 3.05) is 19.6 Å². The van der Waals surface area contributed by atoms with E-state index in [1.807, 2.05) is 0 Å². The Hall–Kier alpha value is -1.79. The summed E-state index contributed by atoms with van der Waals surface area (Å²) in [6, 6.07) is 11.9. The number of rotatable bonds is 4. The van der Waals surface area contributed by atoms with Crippen molar-refractivity contribution in [3.63, 3.8) is 0 Å². The predicted molar refractivity (Wildman–Crippen MR) is 104 cm³/mol. The van der Waals surface area contributed by atoms with Gasteiger partial charge in [-0.15, -0.1) is 17.0 Å². The summed E-state index contributed by atoms with van der Waals surface area (Å²) in [5.41, 5.74) is 1.01. The van der Waals surface area contributed by atoms with Crippen LogP contribution in [0, 0.1) is 23.5 Å². The first-order valence-electron chi connectivity index (χ1n) is 9.04. The second kappa shape index (κ2) is 8.48. The van der Waals surface area contributed by atoms with Crippen LogP contribution in [0.4, 0.5) is 8.78 Å². The summed E-state index contributed by atoms with van der Waals surface area (Å²) in [4.78, 5) is 15.2. The van der Waals surface area contributed by atoms with E-state index in [2.05, 4.69) is 4.90 Å². The molecule has 2 aromatic rings. The van der Waals surface area contributed by atoms with E-state index in [4.69, 9.17) is 4.74 Å². The van der Waals surface area contributed by atoms with Crippen molar-refractivity contribution in [2.24, 2.45) is 11.8 Å². The Bertz CT molecular complexity index is 763. The van der Waals surface area contributed by atoms with Gasteiger partial charge in [-0.25, -0.2) is 8.78 Å². The summed E-state index contributed by atoms with van der Waals surface area (Å²) in [5.74, 6) is -0.932. The summed E-state index contributed by atoms with van der Waals surface area (Å²) in [6.45, 7) is 2.78. The molecular formula is C21H22BrF2NO2. The molecule has 3 saturated heterocycles. The highest BCUT2D eigenvalue weighted by Gasteiger charge is 2.40. The van der Waals surface area contributed by atoms with Gasteiger partial charge < -0.3 is 9.64 Å². The maximum absolute atomic E-state index is 13.7. The van der Waals surface area contributed by atoms with E-state index in [9.17, 15) is 13.6 Å². The van der Waals surface area contributed by atoms with E-state index in [0.717, 1.165) is 25.9 Å². The SMILES string of the molecule is Br.O=C(OC(c1cccc(F)c1)c1cccc(F)c1)C1CN2CCC1CC2. The highest BCUT2D eigenvalue weighted by molar-refractivity contribution is 8.93. The van der Waals surface area contributed by atoms with Crippen molar-refractivity contribution in [3.8, 4) is 0 Å². The third kappa shape index (κ3) is 4.38. The number of ether oxygens (including phenoxy) is 1. The molecule has 5 rings (SSSR count). The Kier molecular flexibility index (Phi) is 6.27. The Morgan fingerprint density at radius 3 is 2.00 bits per heavy atom. The Balaban J connectivity index is 0.00000210. The zero-order valence-corrected chi connectivity index (χ0v) is 16.5. The number of piperidine rings is 3. The predicted octanol–water partition coefficient (Wildman–Crippen LogP) is 4.52. The zero-order chi connectivity index (χ0) is 18.1. The molecule has 6 heteroatoms. The molecule has 0 aliphatic carbocycles. The number of carbonyl (C=O) groups is 1. The first-order valence-corrected chi connectivity index (χ1v) is 9.04. The molecule has 0 radical (unpaired) electrons. The molecule has 1 unspecified atom stereocenters. The molecule has 144 valence electrons. The second-order valence-corrected chi connectivity index (χ2v) is 7.17. The summed E-state index contributed by atoms with van der Waals surface area (Å²) in [6.07, 6.45) is 1.19. The van der Waals surface area contributed by atoms with Crippen molar-refractivity contribution in [1.82, 2.24) is 4.90 Å². The van der Waals surface area contributed by atoms with Crippen LogP contribution >= 0.6 is 17.0 Å². The van der Waals surface area contributed by atoms with Crippen molar-refractivity contribution in [2.45, 2.75) is 18.9 Å². The summed E-state index contributed by atoms with van der Waals surface area (Å²) in [7, 11) is 0. The lowest BCUT2D eigenvalue weighted by molar-refractivity contribution is -0.159. The topological polar surface area (TPSA) is 29.5 Å². The molecule has 3 nitrogen and oxygen atoms in total. The van der Waals surface area contributed by atoms with E-state index in [1.165, 1.54) is 24.3 Å². The highest BCUT2D eigenvalue weighted by atomic mass is 79.9. The molecular weight excluding hydrogens is 416 g/mol. The molecule has 0 spiro atoms. The second-order valence-electron chi connectivity index (χ2n) is 7.17.